The molecule has 2 aliphatic carbocycles. The third-order valence-corrected chi connectivity index (χ3v) is 3.90. The van der Waals surface area contributed by atoms with Crippen LogP contribution < -0.4 is 0 Å². The Balaban J connectivity index is 2.29. The Morgan fingerprint density at radius 3 is 2.85 bits per heavy atom. The highest BCUT2D eigenvalue weighted by molar-refractivity contribution is 5.88. The summed E-state index contributed by atoms with van der Waals surface area (Å²) in [6.07, 6.45) is 5.21. The summed E-state index contributed by atoms with van der Waals surface area (Å²) < 4.78 is 0. The molecule has 72 valence electrons. The Morgan fingerprint density at radius 1 is 1.54 bits per heavy atom. The number of fused-ring (bicyclic) bond motifs is 1. The fraction of sp³-hybridized carbons (Fsp3) is 0.750. The Morgan fingerprint density at radius 2 is 2.23 bits per heavy atom. The fourth-order valence-corrected chi connectivity index (χ4v) is 2.97. The van der Waals surface area contributed by atoms with Crippen molar-refractivity contribution >= 4 is 5.78 Å². The van der Waals surface area contributed by atoms with Gasteiger partial charge in [0.2, 0.25) is 0 Å². The molecule has 0 heterocycles. The number of ketones is 1. The third-order valence-electron chi connectivity index (χ3n) is 3.90. The first-order valence-corrected chi connectivity index (χ1v) is 5.29. The molecule has 0 spiro atoms. The number of carbonyl (C=O) groups is 1. The van der Waals surface area contributed by atoms with E-state index in [1.807, 2.05) is 0 Å². The van der Waals surface area contributed by atoms with Crippen LogP contribution >= 0.6 is 0 Å². The summed E-state index contributed by atoms with van der Waals surface area (Å²) in [6.45, 7) is 6.62. The van der Waals surface area contributed by atoms with Crippen LogP contribution in [-0.2, 0) is 4.79 Å². The van der Waals surface area contributed by atoms with Gasteiger partial charge in [-0.2, -0.15) is 0 Å². The summed E-state index contributed by atoms with van der Waals surface area (Å²) >= 11 is 0. The lowest BCUT2D eigenvalue weighted by atomic mass is 9.77. The van der Waals surface area contributed by atoms with E-state index in [-0.39, 0.29) is 5.41 Å². The lowest BCUT2D eigenvalue weighted by molar-refractivity contribution is -0.125. The summed E-state index contributed by atoms with van der Waals surface area (Å²) in [7, 11) is 0. The molecule has 0 amide bonds. The van der Waals surface area contributed by atoms with Gasteiger partial charge < -0.3 is 0 Å². The van der Waals surface area contributed by atoms with E-state index in [0.29, 0.717) is 17.6 Å². The summed E-state index contributed by atoms with van der Waals surface area (Å²) in [5.41, 5.74) is 1.52. The van der Waals surface area contributed by atoms with Crippen molar-refractivity contribution in [1.82, 2.24) is 0 Å². The monoisotopic (exact) mass is 178 g/mol. The number of hydrogen-bond acceptors (Lipinski definition) is 1. The molecule has 0 radical (unpaired) electrons. The number of rotatable bonds is 1. The van der Waals surface area contributed by atoms with Crippen molar-refractivity contribution in [3.05, 3.63) is 11.6 Å². The highest BCUT2D eigenvalue weighted by Gasteiger charge is 2.49. The second-order valence-electron chi connectivity index (χ2n) is 4.99. The zero-order valence-electron chi connectivity index (χ0n) is 8.76. The number of carbonyl (C=O) groups excluding carboxylic acids is 1. The van der Waals surface area contributed by atoms with E-state index < -0.39 is 0 Å². The first-order valence-electron chi connectivity index (χ1n) is 5.29. The maximum Gasteiger partial charge on any atom is 0.139 e. The average molecular weight is 178 g/mol. The van der Waals surface area contributed by atoms with Crippen LogP contribution in [0.5, 0.6) is 0 Å². The van der Waals surface area contributed by atoms with Crippen molar-refractivity contribution in [1.29, 1.82) is 0 Å². The molecular weight excluding hydrogens is 160 g/mol. The van der Waals surface area contributed by atoms with Gasteiger partial charge in [0.15, 0.2) is 0 Å². The third kappa shape index (κ3) is 1.09. The van der Waals surface area contributed by atoms with Gasteiger partial charge in [0.1, 0.15) is 5.78 Å². The Kier molecular flexibility index (Phi) is 1.86. The summed E-state index contributed by atoms with van der Waals surface area (Å²) in [5.74, 6) is 1.68. The maximum absolute atomic E-state index is 11.7. The number of Topliss-reactive ketones (excluding diaryl/α,β-unsaturated/α-hetero) is 1. The molecule has 2 atom stereocenters. The van der Waals surface area contributed by atoms with Crippen molar-refractivity contribution < 1.29 is 4.79 Å². The van der Waals surface area contributed by atoms with Gasteiger partial charge in [0.05, 0.1) is 0 Å². The molecule has 0 unspecified atom stereocenters. The highest BCUT2D eigenvalue weighted by Crippen LogP contribution is 2.53. The Labute approximate surface area is 80.2 Å². The molecule has 1 saturated carbocycles. The normalized spacial score (nSPS) is 38.3. The summed E-state index contributed by atoms with van der Waals surface area (Å²) in [6, 6.07) is 0. The van der Waals surface area contributed by atoms with Gasteiger partial charge in [0.25, 0.3) is 0 Å². The van der Waals surface area contributed by atoms with Crippen LogP contribution in [-0.4, -0.2) is 5.78 Å². The molecule has 1 nitrogen and oxygen atoms in total. The van der Waals surface area contributed by atoms with Crippen LogP contribution in [0.15, 0.2) is 11.6 Å². The van der Waals surface area contributed by atoms with Crippen LogP contribution in [0, 0.1) is 17.3 Å². The SMILES string of the molecule is CC(C)C1=CC[C@]2(C)C(=O)CC[C@H]12. The number of hydrogen-bond donors (Lipinski definition) is 0. The van der Waals surface area contributed by atoms with E-state index in [4.69, 9.17) is 0 Å². The molecule has 0 aliphatic heterocycles. The standard InChI is InChI=1S/C12H18O/c1-8(2)9-6-7-12(3)10(9)4-5-11(12)13/h6,8,10H,4-5,7H2,1-3H3/t10-,12+/m1/s1. The van der Waals surface area contributed by atoms with Crippen molar-refractivity contribution in [3.8, 4) is 0 Å². The van der Waals surface area contributed by atoms with E-state index in [9.17, 15) is 4.79 Å². The van der Waals surface area contributed by atoms with E-state index in [2.05, 4.69) is 26.8 Å². The zero-order chi connectivity index (χ0) is 9.64. The first-order chi connectivity index (χ1) is 6.05. The topological polar surface area (TPSA) is 17.1 Å². The zero-order valence-corrected chi connectivity index (χ0v) is 8.76. The van der Waals surface area contributed by atoms with Crippen molar-refractivity contribution in [3.63, 3.8) is 0 Å². The second-order valence-corrected chi connectivity index (χ2v) is 4.99. The quantitative estimate of drug-likeness (QED) is 0.564. The van der Waals surface area contributed by atoms with Gasteiger partial charge in [-0.15, -0.1) is 0 Å². The second kappa shape index (κ2) is 2.70. The van der Waals surface area contributed by atoms with E-state index >= 15 is 0 Å². The van der Waals surface area contributed by atoms with Crippen LogP contribution in [0.2, 0.25) is 0 Å². The Bertz CT molecular complexity index is 275. The van der Waals surface area contributed by atoms with E-state index in [0.717, 1.165) is 19.3 Å². The van der Waals surface area contributed by atoms with Crippen LogP contribution in [0.1, 0.15) is 40.0 Å². The largest absolute Gasteiger partial charge is 0.299 e. The molecule has 0 aromatic heterocycles. The molecule has 0 N–H and O–H groups in total. The van der Waals surface area contributed by atoms with Gasteiger partial charge >= 0.3 is 0 Å². The summed E-state index contributed by atoms with van der Waals surface area (Å²) in [5, 5.41) is 0. The molecule has 2 aliphatic rings. The van der Waals surface area contributed by atoms with Gasteiger partial charge in [-0.25, -0.2) is 0 Å². The molecule has 0 bridgehead atoms. The van der Waals surface area contributed by atoms with E-state index in [1.54, 1.807) is 0 Å². The maximum atomic E-state index is 11.7. The molecule has 1 fully saturated rings. The molecule has 1 heteroatoms. The minimum atomic E-state index is -0.0143. The van der Waals surface area contributed by atoms with Crippen LogP contribution in [0.3, 0.4) is 0 Å². The molecular formula is C12H18O. The molecule has 2 rings (SSSR count). The highest BCUT2D eigenvalue weighted by atomic mass is 16.1. The minimum Gasteiger partial charge on any atom is -0.299 e. The smallest absolute Gasteiger partial charge is 0.139 e. The molecule has 0 aromatic carbocycles. The van der Waals surface area contributed by atoms with Gasteiger partial charge in [-0.1, -0.05) is 32.4 Å². The lowest BCUT2D eigenvalue weighted by Gasteiger charge is -2.25. The van der Waals surface area contributed by atoms with Gasteiger partial charge in [0, 0.05) is 11.8 Å². The predicted octanol–water partition coefficient (Wildman–Crippen LogP) is 2.96. The average Bonchev–Trinajstić information content (AvgIpc) is 2.51. The van der Waals surface area contributed by atoms with Gasteiger partial charge in [-0.3, -0.25) is 4.79 Å². The minimum absolute atomic E-state index is 0.0143. The fourth-order valence-electron chi connectivity index (χ4n) is 2.97. The van der Waals surface area contributed by atoms with Crippen molar-refractivity contribution in [2.75, 3.05) is 0 Å². The predicted molar refractivity (Wildman–Crippen MR) is 53.4 cm³/mol. The van der Waals surface area contributed by atoms with Crippen molar-refractivity contribution in [2.24, 2.45) is 17.3 Å². The van der Waals surface area contributed by atoms with Crippen LogP contribution in [0.4, 0.5) is 0 Å². The number of allylic oxidation sites excluding steroid dienone is 2. The lowest BCUT2D eigenvalue weighted by Crippen LogP contribution is -2.26. The molecule has 13 heavy (non-hydrogen) atoms. The van der Waals surface area contributed by atoms with Crippen molar-refractivity contribution in [2.45, 2.75) is 40.0 Å². The molecule has 0 aromatic rings. The van der Waals surface area contributed by atoms with Gasteiger partial charge in [-0.05, 0) is 24.7 Å². The van der Waals surface area contributed by atoms with E-state index in [1.165, 1.54) is 5.57 Å². The summed E-state index contributed by atoms with van der Waals surface area (Å²) in [4.78, 5) is 11.7. The van der Waals surface area contributed by atoms with Crippen LogP contribution in [0.25, 0.3) is 0 Å². The Hall–Kier alpha value is -0.590. The first kappa shape index (κ1) is 8.98. The molecule has 0 saturated heterocycles.